The summed E-state index contributed by atoms with van der Waals surface area (Å²) >= 11 is 6.97. The van der Waals surface area contributed by atoms with Crippen molar-refractivity contribution >= 4 is 39.9 Å². The Balaban J connectivity index is 1.41. The number of aliphatic hydroxyl groups is 1. The molecule has 6 rings (SSSR count). The molecule has 0 amide bonds. The van der Waals surface area contributed by atoms with Gasteiger partial charge in [-0.15, -0.1) is 0 Å². The van der Waals surface area contributed by atoms with Gasteiger partial charge < -0.3 is 5.11 Å². The molecule has 10 heteroatoms. The number of allylic oxidation sites excluding steroid dienone is 4. The van der Waals surface area contributed by atoms with Gasteiger partial charge in [0, 0.05) is 28.8 Å². The van der Waals surface area contributed by atoms with E-state index in [0.29, 0.717) is 23.7 Å². The number of ketones is 1. The number of rotatable bonds is 3. The number of hydroxylamine groups is 1. The molecule has 0 aromatic heterocycles. The van der Waals surface area contributed by atoms with Gasteiger partial charge in [-0.05, 0) is 85.4 Å². The second kappa shape index (κ2) is 9.65. The molecule has 0 bridgehead atoms. The zero-order valence-electron chi connectivity index (χ0n) is 22.2. The number of carbonyl (C=O) groups excluding carboxylic acids is 2. The van der Waals surface area contributed by atoms with Crippen LogP contribution in [0, 0.1) is 45.8 Å². The van der Waals surface area contributed by atoms with Crippen molar-refractivity contribution in [2.75, 3.05) is 17.4 Å². The smallest absolute Gasteiger partial charge is 0.221 e. The zero-order chi connectivity index (χ0) is 28.6. The maximum Gasteiger partial charge on any atom is 0.221 e. The van der Waals surface area contributed by atoms with Crippen molar-refractivity contribution in [2.24, 2.45) is 34.5 Å². The lowest BCUT2D eigenvalue weighted by Gasteiger charge is -2.62. The molecule has 1 heterocycles. The highest BCUT2D eigenvalue weighted by atomic mass is 35.5. The van der Waals surface area contributed by atoms with Gasteiger partial charge in [0.25, 0.3) is 0 Å². The maximum atomic E-state index is 17.5. The Labute approximate surface area is 241 Å². The van der Waals surface area contributed by atoms with Crippen LogP contribution in [0.3, 0.4) is 0 Å². The number of alkyl halides is 2. The van der Waals surface area contributed by atoms with Crippen LogP contribution in [0.1, 0.15) is 33.1 Å². The first-order valence-corrected chi connectivity index (χ1v) is 15.0. The number of hydrogen-bond acceptors (Lipinski definition) is 7. The molecule has 5 aliphatic rings. The maximum absolute atomic E-state index is 17.5. The van der Waals surface area contributed by atoms with Crippen LogP contribution in [0.25, 0.3) is 0 Å². The summed E-state index contributed by atoms with van der Waals surface area (Å²) in [4.78, 5) is 31.9. The van der Waals surface area contributed by atoms with Gasteiger partial charge >= 0.3 is 0 Å². The van der Waals surface area contributed by atoms with E-state index in [0.717, 1.165) is 11.8 Å². The molecule has 4 aliphatic carbocycles. The molecule has 1 aliphatic heterocycles. The van der Waals surface area contributed by atoms with Crippen molar-refractivity contribution in [1.82, 2.24) is 0 Å². The van der Waals surface area contributed by atoms with Gasteiger partial charge in [-0.25, -0.2) is 8.78 Å². The van der Waals surface area contributed by atoms with Gasteiger partial charge in [-0.1, -0.05) is 36.4 Å². The highest BCUT2D eigenvalue weighted by Gasteiger charge is 2.74. The number of fused-ring (bicyclic) bond motifs is 7. The Morgan fingerprint density at radius 3 is 2.70 bits per heavy atom. The molecule has 10 atom stereocenters. The summed E-state index contributed by atoms with van der Waals surface area (Å²) in [5.41, 5.74) is -3.54. The molecule has 1 N–H and O–H groups in total. The highest BCUT2D eigenvalue weighted by molar-refractivity contribution is 8.13. The fraction of sp³-hybridized carbons (Fsp3) is 0.567. The minimum Gasteiger partial charge on any atom is -0.390 e. The fourth-order valence-corrected chi connectivity index (χ4v) is 9.50. The molecule has 40 heavy (non-hydrogen) atoms. The topological polar surface area (TPSA) is 90.6 Å². The number of benzene rings is 1. The van der Waals surface area contributed by atoms with Gasteiger partial charge in [0.15, 0.2) is 17.6 Å². The van der Waals surface area contributed by atoms with E-state index in [9.17, 15) is 14.7 Å². The summed E-state index contributed by atoms with van der Waals surface area (Å²) in [6.45, 7) is 4.00. The van der Waals surface area contributed by atoms with E-state index in [1.54, 1.807) is 36.3 Å². The van der Waals surface area contributed by atoms with Crippen molar-refractivity contribution in [3.05, 3.63) is 53.1 Å². The minimum atomic E-state index is -2.18. The molecule has 2 unspecified atom stereocenters. The molecule has 1 saturated heterocycles. The third-order valence-electron chi connectivity index (χ3n) is 10.5. The largest absolute Gasteiger partial charge is 0.390 e. The Kier molecular flexibility index (Phi) is 6.73. The first kappa shape index (κ1) is 27.9. The van der Waals surface area contributed by atoms with Crippen LogP contribution in [-0.4, -0.2) is 52.4 Å². The van der Waals surface area contributed by atoms with Crippen molar-refractivity contribution in [2.45, 2.75) is 57.2 Å². The molecule has 0 radical (unpaired) electrons. The zero-order valence-corrected chi connectivity index (χ0v) is 23.8. The van der Waals surface area contributed by atoms with Crippen molar-refractivity contribution in [3.63, 3.8) is 0 Å². The lowest BCUT2D eigenvalue weighted by molar-refractivity contribution is -0.209. The Hall–Kier alpha value is -2.25. The van der Waals surface area contributed by atoms with Crippen LogP contribution in [0.5, 0.6) is 0 Å². The monoisotopic (exact) mass is 588 g/mol. The highest BCUT2D eigenvalue weighted by Crippen LogP contribution is 2.71. The molecule has 3 saturated carbocycles. The molecule has 4 fully saturated rings. The summed E-state index contributed by atoms with van der Waals surface area (Å²) < 4.78 is 33.3. The lowest BCUT2D eigenvalue weighted by Crippen LogP contribution is -2.68. The van der Waals surface area contributed by atoms with Gasteiger partial charge in [-0.3, -0.25) is 19.5 Å². The van der Waals surface area contributed by atoms with Crippen LogP contribution in [0.2, 0.25) is 5.02 Å². The summed E-state index contributed by atoms with van der Waals surface area (Å²) in [7, 11) is 0. The molecule has 0 spiro atoms. The Bertz CT molecular complexity index is 1350. The number of thioether (sulfide) groups is 1. The minimum absolute atomic E-state index is 0.0297. The molecule has 1 aromatic carbocycles. The number of anilines is 1. The number of nitriles is 1. The van der Waals surface area contributed by atoms with Gasteiger partial charge in [0.05, 0.1) is 23.6 Å². The lowest BCUT2D eigenvalue weighted by atomic mass is 9.44. The van der Waals surface area contributed by atoms with Crippen LogP contribution in [0.4, 0.5) is 14.5 Å². The first-order chi connectivity index (χ1) is 18.9. The van der Waals surface area contributed by atoms with Crippen LogP contribution in [-0.2, 0) is 14.4 Å². The molecule has 6 nitrogen and oxygen atoms in total. The van der Waals surface area contributed by atoms with Gasteiger partial charge in [0.2, 0.25) is 5.12 Å². The number of hydrogen-bond donors (Lipinski definition) is 1. The third-order valence-corrected chi connectivity index (χ3v) is 11.5. The third kappa shape index (κ3) is 3.86. The predicted molar refractivity (Wildman–Crippen MR) is 148 cm³/mol. The van der Waals surface area contributed by atoms with E-state index in [4.69, 9.17) is 21.7 Å². The normalized spacial score (nSPS) is 43.6. The fourth-order valence-electron chi connectivity index (χ4n) is 8.81. The average Bonchev–Trinajstić information content (AvgIpc) is 3.22. The van der Waals surface area contributed by atoms with Crippen molar-refractivity contribution in [3.8, 4) is 6.07 Å². The standard InChI is InChI=1S/C30H31ClF2N2O4S/c1-28-14-24(37)30(33)21(13-23(32)22-12-19(36)7-8-29(22,30)2)20(28)11-16-15-35(18-5-3-17(31)4-6-18)39-26(25(16)28)27(38)40-10-9-34/h3-8,12,16,20-21,23-26,37H,10-11,13-15H2,1-2H3/t16-,20-,21-,23-,24-,25?,26?,28-,29-,30-/m0/s1. The summed E-state index contributed by atoms with van der Waals surface area (Å²) in [6.07, 6.45) is 0.490. The van der Waals surface area contributed by atoms with E-state index in [1.165, 1.54) is 18.2 Å². The number of aliphatic hydroxyl groups excluding tert-OH is 1. The van der Waals surface area contributed by atoms with Crippen molar-refractivity contribution in [1.29, 1.82) is 5.26 Å². The van der Waals surface area contributed by atoms with E-state index in [1.807, 2.05) is 13.0 Å². The molecular formula is C30H31ClF2N2O4S. The summed E-state index contributed by atoms with van der Waals surface area (Å²) in [5, 5.41) is 22.7. The van der Waals surface area contributed by atoms with Crippen LogP contribution in [0.15, 0.2) is 48.1 Å². The number of nitrogens with zero attached hydrogens (tertiary/aromatic N) is 2. The van der Waals surface area contributed by atoms with Gasteiger partial charge in [0.1, 0.15) is 6.17 Å². The van der Waals surface area contributed by atoms with Crippen LogP contribution < -0.4 is 5.06 Å². The quantitative estimate of drug-likeness (QED) is 0.505. The van der Waals surface area contributed by atoms with E-state index >= 15 is 8.78 Å². The number of halogens is 3. The second-order valence-corrected chi connectivity index (χ2v) is 13.7. The summed E-state index contributed by atoms with van der Waals surface area (Å²) in [6, 6.07) is 9.05. The van der Waals surface area contributed by atoms with Crippen molar-refractivity contribution < 1.29 is 28.3 Å². The number of carbonyl (C=O) groups is 2. The molecule has 1 aromatic rings. The van der Waals surface area contributed by atoms with E-state index in [-0.39, 0.29) is 52.8 Å². The van der Waals surface area contributed by atoms with E-state index < -0.39 is 40.8 Å². The van der Waals surface area contributed by atoms with Crippen LogP contribution >= 0.6 is 23.4 Å². The Morgan fingerprint density at radius 2 is 2.00 bits per heavy atom. The Morgan fingerprint density at radius 1 is 1.27 bits per heavy atom. The summed E-state index contributed by atoms with van der Waals surface area (Å²) in [5.74, 6) is -2.02. The second-order valence-electron chi connectivity index (χ2n) is 12.3. The molecule has 212 valence electrons. The SMILES string of the molecule is C[C@]12C=CC(=O)C=C1[C@@H](F)C[C@H]1[C@@H]3C[C@H]4CN(c5ccc(Cl)cc5)OC(C(=O)SCC#N)C4[C@@]3(C)C[C@H](O)[C@@]12F. The first-order valence-electron chi connectivity index (χ1n) is 13.6. The average molecular weight is 589 g/mol. The van der Waals surface area contributed by atoms with Gasteiger partial charge in [-0.2, -0.15) is 5.26 Å². The predicted octanol–water partition coefficient (Wildman–Crippen LogP) is 5.40. The van der Waals surface area contributed by atoms with E-state index in [2.05, 4.69) is 0 Å². The molecular weight excluding hydrogens is 558 g/mol.